The third kappa shape index (κ3) is 1.26. The smallest absolute Gasteiger partial charge is 0.173 e. The van der Waals surface area contributed by atoms with Crippen molar-refractivity contribution in [1.29, 1.82) is 0 Å². The molecule has 1 heterocycles. The van der Waals surface area contributed by atoms with Crippen LogP contribution in [0.4, 0.5) is 0 Å². The molecule has 2 nitrogen and oxygen atoms in total. The molecular formula is C6H10Cl2O2. The average Bonchev–Trinajstić information content (AvgIpc) is 2.10. The molecular weight excluding hydrogens is 175 g/mol. The molecule has 0 aromatic rings. The summed E-state index contributed by atoms with van der Waals surface area (Å²) >= 11 is 11.5. The van der Waals surface area contributed by atoms with Crippen molar-refractivity contribution in [3.63, 3.8) is 0 Å². The summed E-state index contributed by atoms with van der Waals surface area (Å²) in [6, 6.07) is 0. The predicted molar refractivity (Wildman–Crippen MR) is 40.4 cm³/mol. The minimum absolute atomic E-state index is 0.0471. The van der Waals surface area contributed by atoms with Crippen LogP contribution < -0.4 is 0 Å². The Kier molecular flexibility index (Phi) is 2.46. The molecule has 1 N–H and O–H groups in total. The molecule has 0 radical (unpaired) electrons. The van der Waals surface area contributed by atoms with Crippen molar-refractivity contribution in [1.82, 2.24) is 0 Å². The lowest BCUT2D eigenvalue weighted by Gasteiger charge is -2.22. The number of rotatable bonds is 1. The molecule has 3 atom stereocenters. The Balaban J connectivity index is 2.64. The number of ether oxygens (including phenoxy) is 1. The average molecular weight is 185 g/mol. The van der Waals surface area contributed by atoms with Crippen molar-refractivity contribution >= 4 is 23.2 Å². The molecule has 0 saturated carbocycles. The molecule has 0 aliphatic carbocycles. The first-order chi connectivity index (χ1) is 4.59. The molecule has 4 heteroatoms. The van der Waals surface area contributed by atoms with E-state index in [1.54, 1.807) is 6.92 Å². The Bertz CT molecular complexity index is 127. The largest absolute Gasteiger partial charge is 0.366 e. The summed E-state index contributed by atoms with van der Waals surface area (Å²) in [7, 11) is 0. The maximum Gasteiger partial charge on any atom is 0.173 e. The Labute approximate surface area is 70.1 Å². The van der Waals surface area contributed by atoms with Gasteiger partial charge in [0.15, 0.2) is 6.29 Å². The third-order valence-electron chi connectivity index (χ3n) is 1.92. The summed E-state index contributed by atoms with van der Waals surface area (Å²) in [5.41, 5.74) is 0. The maximum absolute atomic E-state index is 9.15. The van der Waals surface area contributed by atoms with Crippen molar-refractivity contribution in [3.8, 4) is 0 Å². The zero-order valence-electron chi connectivity index (χ0n) is 5.68. The van der Waals surface area contributed by atoms with Gasteiger partial charge in [-0.1, -0.05) is 0 Å². The zero-order valence-corrected chi connectivity index (χ0v) is 7.19. The lowest BCUT2D eigenvalue weighted by Crippen LogP contribution is -2.35. The number of aliphatic hydroxyl groups is 1. The van der Waals surface area contributed by atoms with Gasteiger partial charge in [-0.25, -0.2) is 0 Å². The Morgan fingerprint density at radius 1 is 1.80 bits per heavy atom. The van der Waals surface area contributed by atoms with Crippen molar-refractivity contribution < 1.29 is 9.84 Å². The van der Waals surface area contributed by atoms with Gasteiger partial charge in [0.25, 0.3) is 0 Å². The van der Waals surface area contributed by atoms with Crippen LogP contribution in [0.5, 0.6) is 0 Å². The molecule has 1 rings (SSSR count). The van der Waals surface area contributed by atoms with Crippen LogP contribution in [0.3, 0.4) is 0 Å². The first kappa shape index (κ1) is 8.60. The SMILES string of the molecule is CC1(Cl)C(CCl)COC1O. The van der Waals surface area contributed by atoms with Crippen LogP contribution in [0.25, 0.3) is 0 Å². The fraction of sp³-hybridized carbons (Fsp3) is 1.00. The molecule has 1 fully saturated rings. The van der Waals surface area contributed by atoms with Crippen molar-refractivity contribution in [2.24, 2.45) is 5.92 Å². The lowest BCUT2D eigenvalue weighted by atomic mass is 9.98. The number of hydrogen-bond donors (Lipinski definition) is 1. The zero-order chi connectivity index (χ0) is 7.78. The van der Waals surface area contributed by atoms with Gasteiger partial charge in [-0.2, -0.15) is 0 Å². The second-order valence-electron chi connectivity index (χ2n) is 2.69. The van der Waals surface area contributed by atoms with Gasteiger partial charge in [0.2, 0.25) is 0 Å². The van der Waals surface area contributed by atoms with Gasteiger partial charge in [-0.3, -0.25) is 0 Å². The minimum Gasteiger partial charge on any atom is -0.366 e. The van der Waals surface area contributed by atoms with E-state index in [9.17, 15) is 0 Å². The summed E-state index contributed by atoms with van der Waals surface area (Å²) in [5, 5.41) is 9.15. The number of halogens is 2. The number of hydrogen-bond acceptors (Lipinski definition) is 2. The van der Waals surface area contributed by atoms with E-state index in [-0.39, 0.29) is 5.92 Å². The first-order valence-corrected chi connectivity index (χ1v) is 4.05. The minimum atomic E-state index is -0.877. The van der Waals surface area contributed by atoms with E-state index in [0.29, 0.717) is 12.5 Å². The van der Waals surface area contributed by atoms with Gasteiger partial charge < -0.3 is 9.84 Å². The highest BCUT2D eigenvalue weighted by atomic mass is 35.5. The predicted octanol–water partition coefficient (Wildman–Crippen LogP) is 1.19. The van der Waals surface area contributed by atoms with Gasteiger partial charge in [-0.15, -0.1) is 23.2 Å². The molecule has 1 aliphatic rings. The summed E-state index contributed by atoms with van der Waals surface area (Å²) in [4.78, 5) is -0.707. The number of aliphatic hydroxyl groups excluding tert-OH is 1. The van der Waals surface area contributed by atoms with Crippen LogP contribution in [0.1, 0.15) is 6.92 Å². The molecule has 3 unspecified atom stereocenters. The van der Waals surface area contributed by atoms with E-state index in [1.165, 1.54) is 0 Å². The van der Waals surface area contributed by atoms with Gasteiger partial charge in [-0.05, 0) is 6.92 Å². The molecule has 0 aromatic carbocycles. The van der Waals surface area contributed by atoms with Crippen LogP contribution in [-0.4, -0.2) is 28.8 Å². The highest BCUT2D eigenvalue weighted by Gasteiger charge is 2.45. The quantitative estimate of drug-likeness (QED) is 0.621. The third-order valence-corrected chi connectivity index (χ3v) is 2.79. The fourth-order valence-electron chi connectivity index (χ4n) is 0.930. The van der Waals surface area contributed by atoms with Gasteiger partial charge >= 0.3 is 0 Å². The van der Waals surface area contributed by atoms with Gasteiger partial charge in [0.1, 0.15) is 0 Å². The van der Waals surface area contributed by atoms with Crippen molar-refractivity contribution in [2.45, 2.75) is 18.1 Å². The normalized spacial score (nSPS) is 48.0. The molecule has 10 heavy (non-hydrogen) atoms. The Morgan fingerprint density at radius 3 is 2.60 bits per heavy atom. The van der Waals surface area contributed by atoms with Crippen LogP contribution in [-0.2, 0) is 4.74 Å². The standard InChI is InChI=1S/C6H10Cl2O2/c1-6(8)4(2-7)3-10-5(6)9/h4-5,9H,2-3H2,1H3. The second kappa shape index (κ2) is 2.86. The summed E-state index contributed by atoms with van der Waals surface area (Å²) < 4.78 is 4.91. The van der Waals surface area contributed by atoms with Crippen LogP contribution in [0.2, 0.25) is 0 Å². The maximum atomic E-state index is 9.15. The van der Waals surface area contributed by atoms with E-state index in [4.69, 9.17) is 33.0 Å². The Morgan fingerprint density at radius 2 is 2.40 bits per heavy atom. The van der Waals surface area contributed by atoms with E-state index < -0.39 is 11.2 Å². The Hall–Kier alpha value is 0.500. The van der Waals surface area contributed by atoms with E-state index in [0.717, 1.165) is 0 Å². The van der Waals surface area contributed by atoms with Crippen molar-refractivity contribution in [2.75, 3.05) is 12.5 Å². The van der Waals surface area contributed by atoms with Crippen molar-refractivity contribution in [3.05, 3.63) is 0 Å². The van der Waals surface area contributed by atoms with Gasteiger partial charge in [0, 0.05) is 11.8 Å². The number of alkyl halides is 2. The molecule has 1 aliphatic heterocycles. The molecule has 0 amide bonds. The molecule has 60 valence electrons. The summed E-state index contributed by atoms with van der Waals surface area (Å²) in [6.45, 7) is 2.18. The van der Waals surface area contributed by atoms with E-state index >= 15 is 0 Å². The van der Waals surface area contributed by atoms with E-state index in [2.05, 4.69) is 0 Å². The fourth-order valence-corrected chi connectivity index (χ4v) is 1.62. The van der Waals surface area contributed by atoms with Crippen LogP contribution >= 0.6 is 23.2 Å². The highest BCUT2D eigenvalue weighted by Crippen LogP contribution is 2.36. The summed E-state index contributed by atoms with van der Waals surface area (Å²) in [5.74, 6) is 0.475. The van der Waals surface area contributed by atoms with Gasteiger partial charge in [0.05, 0.1) is 11.5 Å². The molecule has 0 aromatic heterocycles. The monoisotopic (exact) mass is 184 g/mol. The second-order valence-corrected chi connectivity index (χ2v) is 3.81. The van der Waals surface area contributed by atoms with Crippen LogP contribution in [0, 0.1) is 5.92 Å². The van der Waals surface area contributed by atoms with Crippen LogP contribution in [0.15, 0.2) is 0 Å². The topological polar surface area (TPSA) is 29.5 Å². The first-order valence-electron chi connectivity index (χ1n) is 3.13. The highest BCUT2D eigenvalue weighted by molar-refractivity contribution is 6.25. The molecule has 0 spiro atoms. The molecule has 0 bridgehead atoms. The molecule has 1 saturated heterocycles. The van der Waals surface area contributed by atoms with E-state index in [1.807, 2.05) is 0 Å². The summed E-state index contributed by atoms with van der Waals surface area (Å²) in [6.07, 6.45) is -0.877. The lowest BCUT2D eigenvalue weighted by molar-refractivity contribution is -0.0720.